The average Bonchev–Trinajstić information content (AvgIpc) is 3.20. The van der Waals surface area contributed by atoms with E-state index in [1.165, 1.54) is 5.56 Å². The van der Waals surface area contributed by atoms with E-state index in [0.29, 0.717) is 39.0 Å². The van der Waals surface area contributed by atoms with Gasteiger partial charge in [0.1, 0.15) is 0 Å². The number of allylic oxidation sites excluding steroid dienone is 1. The van der Waals surface area contributed by atoms with Gasteiger partial charge in [0, 0.05) is 54.4 Å². The van der Waals surface area contributed by atoms with E-state index in [1.807, 2.05) is 24.3 Å². The Labute approximate surface area is 196 Å². The van der Waals surface area contributed by atoms with E-state index < -0.39 is 0 Å². The number of anilines is 2. The van der Waals surface area contributed by atoms with E-state index >= 15 is 0 Å². The smallest absolute Gasteiger partial charge is 0.227 e. The van der Waals surface area contributed by atoms with Crippen LogP contribution in [0.5, 0.6) is 0 Å². The van der Waals surface area contributed by atoms with Gasteiger partial charge < -0.3 is 10.4 Å². The molecule has 0 saturated carbocycles. The number of likely N-dealkylation sites (tertiary alicyclic amines) is 1. The Hall–Kier alpha value is -2.77. The van der Waals surface area contributed by atoms with Crippen molar-refractivity contribution in [3.05, 3.63) is 81.6 Å². The summed E-state index contributed by atoms with van der Waals surface area (Å²) >= 11 is 12.4. The van der Waals surface area contributed by atoms with Crippen LogP contribution in [-0.2, 0) is 11.3 Å². The molecule has 1 aliphatic heterocycles. The molecule has 2 N–H and O–H groups in total. The molecule has 1 fully saturated rings. The molecule has 0 radical (unpaired) electrons. The fourth-order valence-corrected chi connectivity index (χ4v) is 4.25. The summed E-state index contributed by atoms with van der Waals surface area (Å²) in [5.74, 6) is 0.445. The van der Waals surface area contributed by atoms with Gasteiger partial charge in [-0.2, -0.15) is 0 Å². The summed E-state index contributed by atoms with van der Waals surface area (Å²) in [6, 6.07) is 13.1. The number of hydrogen-bond donors (Lipinski definition) is 2. The Morgan fingerprint density at radius 3 is 2.41 bits per heavy atom. The number of halogens is 2. The summed E-state index contributed by atoms with van der Waals surface area (Å²) < 4.78 is 0. The predicted molar refractivity (Wildman–Crippen MR) is 128 cm³/mol. The van der Waals surface area contributed by atoms with Crippen molar-refractivity contribution in [2.75, 3.05) is 18.4 Å². The highest BCUT2D eigenvalue weighted by Crippen LogP contribution is 2.31. The maximum absolute atomic E-state index is 11.6. The lowest BCUT2D eigenvalue weighted by Gasteiger charge is -2.15. The summed E-state index contributed by atoms with van der Waals surface area (Å²) in [5.41, 5.74) is 3.54. The number of β-amino-alcohol motifs (C(OH)–C–C–N with tert-alkyl or cyclic N) is 1. The number of carbonyl (C=O) groups excluding carboxylic acids is 1. The third-order valence-corrected chi connectivity index (χ3v) is 5.87. The van der Waals surface area contributed by atoms with Gasteiger partial charge in [-0.3, -0.25) is 9.69 Å². The fourth-order valence-electron chi connectivity index (χ4n) is 3.63. The van der Waals surface area contributed by atoms with Crippen LogP contribution in [0, 0.1) is 0 Å². The number of aldehydes is 1. The maximum atomic E-state index is 11.6. The highest BCUT2D eigenvalue weighted by atomic mass is 35.5. The van der Waals surface area contributed by atoms with Gasteiger partial charge in [0.15, 0.2) is 6.29 Å². The summed E-state index contributed by atoms with van der Waals surface area (Å²) in [6.45, 7) is 2.47. The molecule has 32 heavy (non-hydrogen) atoms. The largest absolute Gasteiger partial charge is 0.392 e. The third kappa shape index (κ3) is 5.53. The van der Waals surface area contributed by atoms with Crippen molar-refractivity contribution in [3.8, 4) is 0 Å². The summed E-state index contributed by atoms with van der Waals surface area (Å²) in [7, 11) is 0. The van der Waals surface area contributed by atoms with Crippen LogP contribution in [0.2, 0.25) is 10.0 Å². The van der Waals surface area contributed by atoms with Crippen molar-refractivity contribution >= 4 is 52.8 Å². The Balaban J connectivity index is 1.42. The molecule has 1 atom stereocenters. The quantitative estimate of drug-likeness (QED) is 0.381. The molecular weight excluding hydrogens is 447 g/mol. The van der Waals surface area contributed by atoms with Crippen LogP contribution in [0.4, 0.5) is 11.6 Å². The van der Waals surface area contributed by atoms with Gasteiger partial charge in [-0.05, 0) is 42.3 Å². The van der Waals surface area contributed by atoms with E-state index in [1.54, 1.807) is 36.7 Å². The molecule has 1 saturated heterocycles. The molecule has 164 valence electrons. The van der Waals surface area contributed by atoms with E-state index in [0.717, 1.165) is 31.7 Å². The number of rotatable bonds is 7. The fraction of sp³-hybridized carbons (Fsp3) is 0.208. The van der Waals surface area contributed by atoms with E-state index in [4.69, 9.17) is 23.2 Å². The number of carbonyl (C=O) groups is 1. The van der Waals surface area contributed by atoms with Gasteiger partial charge in [-0.15, -0.1) is 0 Å². The van der Waals surface area contributed by atoms with E-state index in [-0.39, 0.29) is 6.10 Å². The number of aliphatic hydroxyl groups excluding tert-OH is 1. The van der Waals surface area contributed by atoms with Gasteiger partial charge in [0.2, 0.25) is 5.95 Å². The lowest BCUT2D eigenvalue weighted by atomic mass is 10.0. The number of hydrogen-bond acceptors (Lipinski definition) is 6. The Kier molecular flexibility index (Phi) is 7.17. The highest BCUT2D eigenvalue weighted by Gasteiger charge is 2.19. The first-order valence-electron chi connectivity index (χ1n) is 10.2. The monoisotopic (exact) mass is 468 g/mol. The minimum absolute atomic E-state index is 0.213. The second-order valence-electron chi connectivity index (χ2n) is 7.65. The summed E-state index contributed by atoms with van der Waals surface area (Å²) in [6.07, 6.45) is 6.22. The van der Waals surface area contributed by atoms with Crippen LogP contribution in [-0.4, -0.2) is 45.5 Å². The van der Waals surface area contributed by atoms with E-state index in [9.17, 15) is 9.90 Å². The predicted octanol–water partition coefficient (Wildman–Crippen LogP) is 4.83. The average molecular weight is 469 g/mol. The Morgan fingerprint density at radius 1 is 1.12 bits per heavy atom. The molecule has 3 aromatic rings. The van der Waals surface area contributed by atoms with Crippen LogP contribution >= 0.6 is 23.2 Å². The van der Waals surface area contributed by atoms with Gasteiger partial charge in [-0.1, -0.05) is 41.4 Å². The summed E-state index contributed by atoms with van der Waals surface area (Å²) in [5, 5.41) is 13.6. The second kappa shape index (κ2) is 10.2. The molecule has 8 heteroatoms. The molecule has 0 bridgehead atoms. The Morgan fingerprint density at radius 2 is 1.81 bits per heavy atom. The van der Waals surface area contributed by atoms with Crippen LogP contribution in [0.3, 0.4) is 0 Å². The number of aromatic nitrogens is 2. The van der Waals surface area contributed by atoms with Crippen molar-refractivity contribution < 1.29 is 9.90 Å². The van der Waals surface area contributed by atoms with Crippen LogP contribution in [0.1, 0.15) is 23.1 Å². The molecule has 0 amide bonds. The SMILES string of the molecule is O=C/C(=C\c1cnc(Nc2ccc(CN3CCC(O)C3)cc2)nc1)c1c(Cl)cccc1Cl. The van der Waals surface area contributed by atoms with Crippen LogP contribution in [0.25, 0.3) is 11.6 Å². The number of aliphatic hydroxyl groups is 1. The molecule has 1 unspecified atom stereocenters. The Bertz CT molecular complexity index is 1100. The summed E-state index contributed by atoms with van der Waals surface area (Å²) in [4.78, 5) is 22.5. The van der Waals surface area contributed by atoms with Crippen molar-refractivity contribution in [1.29, 1.82) is 0 Å². The highest BCUT2D eigenvalue weighted by molar-refractivity contribution is 6.39. The van der Waals surface area contributed by atoms with Gasteiger partial charge in [0.05, 0.1) is 16.1 Å². The first-order chi connectivity index (χ1) is 15.5. The zero-order valence-corrected chi connectivity index (χ0v) is 18.7. The first-order valence-corrected chi connectivity index (χ1v) is 11.0. The van der Waals surface area contributed by atoms with Crippen molar-refractivity contribution in [2.24, 2.45) is 0 Å². The number of nitrogens with zero attached hydrogens (tertiary/aromatic N) is 3. The molecule has 1 aromatic heterocycles. The molecule has 2 aromatic carbocycles. The lowest BCUT2D eigenvalue weighted by Crippen LogP contribution is -2.21. The number of benzene rings is 2. The minimum Gasteiger partial charge on any atom is -0.392 e. The van der Waals surface area contributed by atoms with E-state index in [2.05, 4.69) is 20.2 Å². The first kappa shape index (κ1) is 22.4. The van der Waals surface area contributed by atoms with Gasteiger partial charge in [-0.25, -0.2) is 9.97 Å². The third-order valence-electron chi connectivity index (χ3n) is 5.24. The topological polar surface area (TPSA) is 78.4 Å². The molecular formula is C24H22Cl2N4O2. The molecule has 1 aliphatic rings. The lowest BCUT2D eigenvalue weighted by molar-refractivity contribution is -0.103. The number of nitrogens with one attached hydrogen (secondary N) is 1. The van der Waals surface area contributed by atoms with Gasteiger partial charge in [0.25, 0.3) is 0 Å². The van der Waals surface area contributed by atoms with Crippen LogP contribution < -0.4 is 5.32 Å². The molecule has 2 heterocycles. The molecule has 0 aliphatic carbocycles. The normalized spacial score (nSPS) is 16.8. The molecule has 0 spiro atoms. The maximum Gasteiger partial charge on any atom is 0.227 e. The van der Waals surface area contributed by atoms with Crippen LogP contribution in [0.15, 0.2) is 54.9 Å². The zero-order chi connectivity index (χ0) is 22.5. The minimum atomic E-state index is -0.213. The van der Waals surface area contributed by atoms with Crippen molar-refractivity contribution in [3.63, 3.8) is 0 Å². The standard InChI is InChI=1S/C24H22Cl2N4O2/c25-21-2-1-3-22(26)23(21)18(15-31)10-17-11-27-24(28-12-17)29-19-6-4-16(5-7-19)13-30-9-8-20(32)14-30/h1-7,10-12,15,20,32H,8-9,13-14H2,(H,27,28,29)/b18-10+. The molecule has 6 nitrogen and oxygen atoms in total. The zero-order valence-electron chi connectivity index (χ0n) is 17.2. The van der Waals surface area contributed by atoms with Gasteiger partial charge >= 0.3 is 0 Å². The van der Waals surface area contributed by atoms with Crippen molar-refractivity contribution in [1.82, 2.24) is 14.9 Å². The second-order valence-corrected chi connectivity index (χ2v) is 8.47. The van der Waals surface area contributed by atoms with Crippen molar-refractivity contribution in [2.45, 2.75) is 19.1 Å². The molecule has 4 rings (SSSR count).